The Morgan fingerprint density at radius 3 is 2.29 bits per heavy atom. The maximum Gasteiger partial charge on any atom is 0.335 e. The SMILES string of the molecule is CCc1ccc(C(=O)O)cc1S(=O)(=O)NC(C)(CO)CO. The molecule has 118 valence electrons. The highest BCUT2D eigenvalue weighted by atomic mass is 32.2. The lowest BCUT2D eigenvalue weighted by atomic mass is 10.1. The highest BCUT2D eigenvalue weighted by Crippen LogP contribution is 2.20. The van der Waals surface area contributed by atoms with Crippen LogP contribution < -0.4 is 4.72 Å². The molecular weight excluding hydrogens is 298 g/mol. The molecule has 0 aliphatic heterocycles. The first-order valence-electron chi connectivity index (χ1n) is 6.31. The van der Waals surface area contributed by atoms with Crippen molar-refractivity contribution < 1.29 is 28.5 Å². The molecule has 0 saturated heterocycles. The Morgan fingerprint density at radius 1 is 1.29 bits per heavy atom. The Hall–Kier alpha value is -1.48. The zero-order valence-electron chi connectivity index (χ0n) is 11.8. The van der Waals surface area contributed by atoms with Crippen molar-refractivity contribution in [1.29, 1.82) is 0 Å². The van der Waals surface area contributed by atoms with E-state index in [1.165, 1.54) is 19.1 Å². The summed E-state index contributed by atoms with van der Waals surface area (Å²) in [5.74, 6) is -1.24. The molecule has 1 aromatic rings. The molecule has 0 aliphatic carbocycles. The van der Waals surface area contributed by atoms with Gasteiger partial charge in [0.15, 0.2) is 0 Å². The van der Waals surface area contributed by atoms with Crippen molar-refractivity contribution in [2.45, 2.75) is 30.7 Å². The summed E-state index contributed by atoms with van der Waals surface area (Å²) >= 11 is 0. The number of hydrogen-bond acceptors (Lipinski definition) is 5. The van der Waals surface area contributed by atoms with Gasteiger partial charge in [0.05, 0.1) is 29.2 Å². The van der Waals surface area contributed by atoms with Crippen molar-refractivity contribution in [3.05, 3.63) is 29.3 Å². The zero-order valence-corrected chi connectivity index (χ0v) is 12.6. The number of nitrogens with one attached hydrogen (secondary N) is 1. The second-order valence-corrected chi connectivity index (χ2v) is 6.61. The Labute approximate surface area is 123 Å². The van der Waals surface area contributed by atoms with Gasteiger partial charge < -0.3 is 15.3 Å². The molecule has 0 amide bonds. The van der Waals surface area contributed by atoms with E-state index < -0.39 is 34.7 Å². The van der Waals surface area contributed by atoms with Gasteiger partial charge in [-0.3, -0.25) is 0 Å². The van der Waals surface area contributed by atoms with Gasteiger partial charge in [-0.05, 0) is 31.0 Å². The largest absolute Gasteiger partial charge is 0.478 e. The second-order valence-electron chi connectivity index (χ2n) is 4.96. The summed E-state index contributed by atoms with van der Waals surface area (Å²) in [7, 11) is -4.07. The average Bonchev–Trinajstić information content (AvgIpc) is 2.45. The van der Waals surface area contributed by atoms with Gasteiger partial charge in [-0.2, -0.15) is 0 Å². The number of aliphatic hydroxyl groups is 2. The molecule has 0 radical (unpaired) electrons. The van der Waals surface area contributed by atoms with Gasteiger partial charge in [0.2, 0.25) is 10.0 Å². The quantitative estimate of drug-likeness (QED) is 0.560. The van der Waals surface area contributed by atoms with Crippen molar-refractivity contribution >= 4 is 16.0 Å². The molecule has 0 fully saturated rings. The Bertz CT molecular complexity index is 622. The first-order valence-corrected chi connectivity index (χ1v) is 7.79. The van der Waals surface area contributed by atoms with Gasteiger partial charge in [-0.1, -0.05) is 13.0 Å². The van der Waals surface area contributed by atoms with Crippen molar-refractivity contribution in [1.82, 2.24) is 4.72 Å². The number of hydrogen-bond donors (Lipinski definition) is 4. The third-order valence-corrected chi connectivity index (χ3v) is 4.78. The molecule has 0 aromatic heterocycles. The number of carboxylic acids is 1. The number of aryl methyl sites for hydroxylation is 1. The number of carbonyl (C=O) groups is 1. The van der Waals surface area contributed by atoms with Crippen LogP contribution in [0.2, 0.25) is 0 Å². The Kier molecular flexibility index (Phi) is 5.46. The van der Waals surface area contributed by atoms with E-state index in [0.29, 0.717) is 12.0 Å². The predicted octanol–water partition coefficient (Wildman–Crippen LogP) is -0.0312. The molecule has 0 bridgehead atoms. The lowest BCUT2D eigenvalue weighted by Gasteiger charge is -2.26. The normalized spacial score (nSPS) is 12.4. The summed E-state index contributed by atoms with van der Waals surface area (Å²) < 4.78 is 27.0. The molecule has 8 heteroatoms. The second kappa shape index (κ2) is 6.52. The van der Waals surface area contributed by atoms with E-state index in [1.807, 2.05) is 0 Å². The van der Waals surface area contributed by atoms with E-state index in [2.05, 4.69) is 4.72 Å². The number of benzene rings is 1. The Balaban J connectivity index is 3.36. The topological polar surface area (TPSA) is 124 Å². The molecule has 0 saturated carbocycles. The molecule has 0 atom stereocenters. The van der Waals surface area contributed by atoms with Crippen LogP contribution in [0.15, 0.2) is 23.1 Å². The van der Waals surface area contributed by atoms with Crippen LogP contribution in [0.25, 0.3) is 0 Å². The standard InChI is InChI=1S/C13H19NO6S/c1-3-9-4-5-10(12(17)18)6-11(9)21(19,20)14-13(2,7-15)8-16/h4-6,14-16H,3,7-8H2,1-2H3,(H,17,18). The van der Waals surface area contributed by atoms with Crippen molar-refractivity contribution in [2.24, 2.45) is 0 Å². The number of rotatable bonds is 7. The Morgan fingerprint density at radius 2 is 1.86 bits per heavy atom. The lowest BCUT2D eigenvalue weighted by Crippen LogP contribution is -2.51. The molecule has 4 N–H and O–H groups in total. The van der Waals surface area contributed by atoms with Gasteiger partial charge in [-0.25, -0.2) is 17.9 Å². The number of aromatic carboxylic acids is 1. The molecule has 21 heavy (non-hydrogen) atoms. The maximum absolute atomic E-state index is 12.4. The summed E-state index contributed by atoms with van der Waals surface area (Å²) in [5.41, 5.74) is -1.13. The first kappa shape index (κ1) is 17.6. The van der Waals surface area contributed by atoms with Gasteiger partial charge in [0, 0.05) is 0 Å². The minimum absolute atomic E-state index is 0.151. The molecule has 0 spiro atoms. The monoisotopic (exact) mass is 317 g/mol. The molecule has 1 rings (SSSR count). The fourth-order valence-electron chi connectivity index (χ4n) is 1.72. The molecule has 0 aliphatic rings. The van der Waals surface area contributed by atoms with Crippen LogP contribution >= 0.6 is 0 Å². The third-order valence-electron chi connectivity index (χ3n) is 3.06. The van der Waals surface area contributed by atoms with Gasteiger partial charge in [-0.15, -0.1) is 0 Å². The van der Waals surface area contributed by atoms with Crippen LogP contribution in [0.1, 0.15) is 29.8 Å². The average molecular weight is 317 g/mol. The van der Waals surface area contributed by atoms with Crippen LogP contribution in [0.4, 0.5) is 0 Å². The fraction of sp³-hybridized carbons (Fsp3) is 0.462. The molecule has 0 unspecified atom stereocenters. The maximum atomic E-state index is 12.4. The smallest absolute Gasteiger partial charge is 0.335 e. The number of sulfonamides is 1. The van der Waals surface area contributed by atoms with Gasteiger partial charge >= 0.3 is 5.97 Å². The number of carboxylic acid groups (broad SMARTS) is 1. The summed E-state index contributed by atoms with van der Waals surface area (Å²) in [6.07, 6.45) is 0.394. The summed E-state index contributed by atoms with van der Waals surface area (Å²) in [6.45, 7) is 1.90. The fourth-order valence-corrected chi connectivity index (χ4v) is 3.45. The molecular formula is C13H19NO6S. The van der Waals surface area contributed by atoms with E-state index in [4.69, 9.17) is 5.11 Å². The lowest BCUT2D eigenvalue weighted by molar-refractivity contribution is 0.0696. The third kappa shape index (κ3) is 4.01. The highest BCUT2D eigenvalue weighted by Gasteiger charge is 2.31. The first-order chi connectivity index (χ1) is 9.69. The van der Waals surface area contributed by atoms with E-state index in [1.54, 1.807) is 6.92 Å². The number of aliphatic hydroxyl groups excluding tert-OH is 2. The summed E-state index contributed by atoms with van der Waals surface area (Å²) in [6, 6.07) is 3.84. The highest BCUT2D eigenvalue weighted by molar-refractivity contribution is 7.89. The van der Waals surface area contributed by atoms with Crippen LogP contribution in [0, 0.1) is 0 Å². The van der Waals surface area contributed by atoms with E-state index in [-0.39, 0.29) is 10.5 Å². The summed E-state index contributed by atoms with van der Waals surface area (Å²) in [4.78, 5) is 10.8. The van der Waals surface area contributed by atoms with E-state index in [9.17, 15) is 23.4 Å². The minimum atomic E-state index is -4.07. The molecule has 0 heterocycles. The molecule has 7 nitrogen and oxygen atoms in total. The minimum Gasteiger partial charge on any atom is -0.478 e. The van der Waals surface area contributed by atoms with Crippen molar-refractivity contribution in [2.75, 3.05) is 13.2 Å². The van der Waals surface area contributed by atoms with Crippen LogP contribution in [-0.4, -0.2) is 48.5 Å². The van der Waals surface area contributed by atoms with E-state index >= 15 is 0 Å². The van der Waals surface area contributed by atoms with Crippen molar-refractivity contribution in [3.63, 3.8) is 0 Å². The van der Waals surface area contributed by atoms with Crippen LogP contribution in [-0.2, 0) is 16.4 Å². The van der Waals surface area contributed by atoms with Crippen LogP contribution in [0.3, 0.4) is 0 Å². The van der Waals surface area contributed by atoms with Gasteiger partial charge in [0.25, 0.3) is 0 Å². The van der Waals surface area contributed by atoms with E-state index in [0.717, 1.165) is 6.07 Å². The zero-order chi connectivity index (χ0) is 16.3. The molecule has 1 aromatic carbocycles. The summed E-state index contributed by atoms with van der Waals surface area (Å²) in [5, 5.41) is 27.3. The van der Waals surface area contributed by atoms with Crippen molar-refractivity contribution in [3.8, 4) is 0 Å². The van der Waals surface area contributed by atoms with Crippen LogP contribution in [0.5, 0.6) is 0 Å². The van der Waals surface area contributed by atoms with Gasteiger partial charge in [0.1, 0.15) is 0 Å². The predicted molar refractivity (Wildman–Crippen MR) is 75.7 cm³/mol.